The molecule has 1 fully saturated rings. The number of rotatable bonds is 10. The third-order valence-electron chi connectivity index (χ3n) is 5.03. The van der Waals surface area contributed by atoms with Gasteiger partial charge in [-0.1, -0.05) is 54.6 Å². The Bertz CT molecular complexity index is 670. The molecule has 0 spiro atoms. The number of aryl methyl sites for hydroxylation is 1. The predicted octanol–water partition coefficient (Wildman–Crippen LogP) is 3.55. The summed E-state index contributed by atoms with van der Waals surface area (Å²) < 4.78 is 11.5. The van der Waals surface area contributed by atoms with E-state index in [-0.39, 0.29) is 6.10 Å². The average Bonchev–Trinajstić information content (AvgIpc) is 3.17. The van der Waals surface area contributed by atoms with Crippen molar-refractivity contribution in [1.29, 1.82) is 0 Å². The Morgan fingerprint density at radius 1 is 1.15 bits per heavy atom. The number of aliphatic hydroxyl groups excluding tert-OH is 1. The van der Waals surface area contributed by atoms with Gasteiger partial charge in [0, 0.05) is 26.2 Å². The van der Waals surface area contributed by atoms with Gasteiger partial charge < -0.3 is 14.6 Å². The number of benzene rings is 2. The quantitative estimate of drug-likeness (QED) is 0.695. The van der Waals surface area contributed by atoms with Gasteiger partial charge in [0.05, 0.1) is 25.4 Å². The van der Waals surface area contributed by atoms with Gasteiger partial charge in [0.2, 0.25) is 0 Å². The van der Waals surface area contributed by atoms with Gasteiger partial charge in [-0.2, -0.15) is 0 Å². The van der Waals surface area contributed by atoms with E-state index in [4.69, 9.17) is 9.47 Å². The minimum atomic E-state index is -0.515. The molecule has 0 radical (unpaired) electrons. The molecule has 146 valence electrons. The van der Waals surface area contributed by atoms with Crippen LogP contribution in [0.25, 0.3) is 0 Å². The maximum atomic E-state index is 10.5. The molecule has 0 saturated carbocycles. The zero-order valence-electron chi connectivity index (χ0n) is 16.2. The highest BCUT2D eigenvalue weighted by molar-refractivity contribution is 5.25. The average molecular weight is 370 g/mol. The summed E-state index contributed by atoms with van der Waals surface area (Å²) in [6.07, 6.45) is 1.99. The van der Waals surface area contributed by atoms with Crippen molar-refractivity contribution in [3.63, 3.8) is 0 Å². The van der Waals surface area contributed by atoms with Crippen LogP contribution in [0.4, 0.5) is 0 Å². The lowest BCUT2D eigenvalue weighted by molar-refractivity contribution is -0.00291. The summed E-state index contributed by atoms with van der Waals surface area (Å²) in [6, 6.07) is 18.5. The van der Waals surface area contributed by atoms with Gasteiger partial charge in [-0.25, -0.2) is 0 Å². The third kappa shape index (κ3) is 6.74. The Hall–Kier alpha value is -1.72. The zero-order chi connectivity index (χ0) is 18.9. The molecule has 0 bridgehead atoms. The van der Waals surface area contributed by atoms with E-state index in [1.54, 1.807) is 0 Å². The second kappa shape index (κ2) is 10.6. The van der Waals surface area contributed by atoms with Crippen molar-refractivity contribution in [3.8, 4) is 0 Å². The lowest BCUT2D eigenvalue weighted by Gasteiger charge is -2.28. The molecule has 1 saturated heterocycles. The van der Waals surface area contributed by atoms with Crippen LogP contribution < -0.4 is 0 Å². The molecule has 2 aromatic rings. The van der Waals surface area contributed by atoms with Crippen LogP contribution >= 0.6 is 0 Å². The van der Waals surface area contributed by atoms with E-state index in [9.17, 15) is 5.11 Å². The molecule has 1 aliphatic heterocycles. The van der Waals surface area contributed by atoms with E-state index >= 15 is 0 Å². The Morgan fingerprint density at radius 2 is 1.93 bits per heavy atom. The summed E-state index contributed by atoms with van der Waals surface area (Å²) >= 11 is 0. The molecule has 0 amide bonds. The van der Waals surface area contributed by atoms with Crippen molar-refractivity contribution >= 4 is 0 Å². The molecule has 27 heavy (non-hydrogen) atoms. The summed E-state index contributed by atoms with van der Waals surface area (Å²) in [5.41, 5.74) is 3.71. The van der Waals surface area contributed by atoms with Crippen LogP contribution in [0.2, 0.25) is 0 Å². The Morgan fingerprint density at radius 3 is 2.67 bits per heavy atom. The van der Waals surface area contributed by atoms with Crippen molar-refractivity contribution in [2.45, 2.75) is 45.1 Å². The van der Waals surface area contributed by atoms with Gasteiger partial charge >= 0.3 is 0 Å². The third-order valence-corrected chi connectivity index (χ3v) is 5.03. The maximum absolute atomic E-state index is 10.5. The van der Waals surface area contributed by atoms with Crippen LogP contribution in [0.15, 0.2) is 54.6 Å². The molecular formula is C23H31NO3. The normalized spacial score (nSPS) is 18.1. The monoisotopic (exact) mass is 369 g/mol. The number of nitrogens with zero attached hydrogens (tertiary/aromatic N) is 1. The molecule has 4 nitrogen and oxygen atoms in total. The lowest BCUT2D eigenvalue weighted by Crippen LogP contribution is -2.39. The van der Waals surface area contributed by atoms with E-state index in [0.717, 1.165) is 38.1 Å². The van der Waals surface area contributed by atoms with Crippen LogP contribution in [0.5, 0.6) is 0 Å². The Balaban J connectivity index is 1.52. The largest absolute Gasteiger partial charge is 0.389 e. The number of ether oxygens (including phenoxy) is 2. The first-order valence-electron chi connectivity index (χ1n) is 9.89. The van der Waals surface area contributed by atoms with Crippen LogP contribution in [0.1, 0.15) is 29.5 Å². The van der Waals surface area contributed by atoms with Crippen molar-refractivity contribution < 1.29 is 14.6 Å². The van der Waals surface area contributed by atoms with Crippen LogP contribution in [0, 0.1) is 6.92 Å². The van der Waals surface area contributed by atoms with Crippen molar-refractivity contribution in [2.24, 2.45) is 0 Å². The molecule has 2 aromatic carbocycles. The second-order valence-corrected chi connectivity index (χ2v) is 7.41. The molecule has 4 heteroatoms. The molecule has 0 aliphatic carbocycles. The van der Waals surface area contributed by atoms with Gasteiger partial charge in [0.15, 0.2) is 0 Å². The van der Waals surface area contributed by atoms with Crippen LogP contribution in [-0.2, 0) is 22.6 Å². The minimum absolute atomic E-state index is 0.270. The van der Waals surface area contributed by atoms with E-state index in [0.29, 0.717) is 19.8 Å². The minimum Gasteiger partial charge on any atom is -0.389 e. The topological polar surface area (TPSA) is 41.9 Å². The van der Waals surface area contributed by atoms with E-state index in [1.807, 2.05) is 30.3 Å². The predicted molar refractivity (Wildman–Crippen MR) is 108 cm³/mol. The lowest BCUT2D eigenvalue weighted by atomic mass is 10.1. The molecule has 2 atom stereocenters. The summed E-state index contributed by atoms with van der Waals surface area (Å²) in [7, 11) is 0. The first-order chi connectivity index (χ1) is 13.2. The highest BCUT2D eigenvalue weighted by Crippen LogP contribution is 2.17. The fraction of sp³-hybridized carbons (Fsp3) is 0.478. The van der Waals surface area contributed by atoms with Gasteiger partial charge in [0.1, 0.15) is 0 Å². The number of hydrogen-bond donors (Lipinski definition) is 1. The molecule has 1 N–H and O–H groups in total. The molecule has 1 heterocycles. The van der Waals surface area contributed by atoms with Gasteiger partial charge in [-0.15, -0.1) is 0 Å². The number of aliphatic hydroxyl groups is 1. The summed E-state index contributed by atoms with van der Waals surface area (Å²) in [6.45, 7) is 6.12. The first kappa shape index (κ1) is 20.0. The smallest absolute Gasteiger partial charge is 0.0900 e. The molecule has 0 unspecified atom stereocenters. The SMILES string of the molecule is Cc1ccccc1CN(C[C@H](O)COCc1ccccc1)C[C@@H]1CCCO1. The molecule has 0 aromatic heterocycles. The van der Waals surface area contributed by atoms with E-state index < -0.39 is 6.10 Å². The maximum Gasteiger partial charge on any atom is 0.0900 e. The van der Waals surface area contributed by atoms with Gasteiger partial charge in [-0.05, 0) is 36.5 Å². The number of hydrogen-bond acceptors (Lipinski definition) is 4. The molecular weight excluding hydrogens is 338 g/mol. The fourth-order valence-electron chi connectivity index (χ4n) is 3.55. The molecule has 3 rings (SSSR count). The van der Waals surface area contributed by atoms with Crippen molar-refractivity contribution in [3.05, 3.63) is 71.3 Å². The van der Waals surface area contributed by atoms with Crippen molar-refractivity contribution in [2.75, 3.05) is 26.3 Å². The summed E-state index contributed by atoms with van der Waals surface area (Å²) in [5.74, 6) is 0. The Labute approximate surface area is 162 Å². The molecule has 1 aliphatic rings. The van der Waals surface area contributed by atoms with Crippen LogP contribution in [0.3, 0.4) is 0 Å². The first-order valence-corrected chi connectivity index (χ1v) is 9.89. The second-order valence-electron chi connectivity index (χ2n) is 7.41. The van der Waals surface area contributed by atoms with E-state index in [2.05, 4.69) is 36.1 Å². The highest BCUT2D eigenvalue weighted by Gasteiger charge is 2.21. The van der Waals surface area contributed by atoms with Gasteiger partial charge in [0.25, 0.3) is 0 Å². The fourth-order valence-corrected chi connectivity index (χ4v) is 3.55. The Kier molecular flexibility index (Phi) is 7.84. The standard InChI is InChI=1S/C23H31NO3/c1-19-8-5-6-11-21(19)14-24(16-23-12-7-13-27-23)15-22(25)18-26-17-20-9-3-2-4-10-20/h2-6,8-11,22-23,25H,7,12-18H2,1H3/t22-,23-/m0/s1. The van der Waals surface area contributed by atoms with Gasteiger partial charge in [-0.3, -0.25) is 4.90 Å². The summed E-state index contributed by atoms with van der Waals surface area (Å²) in [5, 5.41) is 10.5. The van der Waals surface area contributed by atoms with Crippen molar-refractivity contribution in [1.82, 2.24) is 4.90 Å². The zero-order valence-corrected chi connectivity index (χ0v) is 16.2. The van der Waals surface area contributed by atoms with E-state index in [1.165, 1.54) is 11.1 Å². The van der Waals surface area contributed by atoms with Crippen LogP contribution in [-0.4, -0.2) is 48.5 Å². The summed E-state index contributed by atoms with van der Waals surface area (Å²) in [4.78, 5) is 2.30. The highest BCUT2D eigenvalue weighted by atomic mass is 16.5.